The van der Waals surface area contributed by atoms with Crippen molar-refractivity contribution in [1.82, 2.24) is 10.6 Å². The lowest BCUT2D eigenvalue weighted by molar-refractivity contribution is -0.120. The fourth-order valence-electron chi connectivity index (χ4n) is 2.53. The van der Waals surface area contributed by atoms with Gasteiger partial charge in [0.2, 0.25) is 15.9 Å². The molecule has 2 amide bonds. The molecule has 0 aliphatic heterocycles. The summed E-state index contributed by atoms with van der Waals surface area (Å²) in [7, 11) is -3.75. The molecule has 1 aromatic carbocycles. The number of hydrogen-bond donors (Lipinski definition) is 3. The van der Waals surface area contributed by atoms with Gasteiger partial charge >= 0.3 is 0 Å². The Morgan fingerprint density at radius 3 is 2.13 bits per heavy atom. The molecule has 3 aromatic rings. The quantitative estimate of drug-likeness (QED) is 0.388. The fraction of sp³-hybridized carbons (Fsp3) is 0.158. The molecule has 4 N–H and O–H groups in total. The molecular formula is C19H17BrClN3O4S3. The topological polar surface area (TPSA) is 118 Å². The smallest absolute Gasteiger partial charge is 0.261 e. The zero-order valence-corrected chi connectivity index (χ0v) is 20.6. The number of carbonyl (C=O) groups excluding carboxylic acids is 2. The van der Waals surface area contributed by atoms with Gasteiger partial charge in [0.15, 0.2) is 0 Å². The normalized spacial score (nSPS) is 11.3. The van der Waals surface area contributed by atoms with Crippen LogP contribution in [0.1, 0.15) is 25.7 Å². The highest BCUT2D eigenvalue weighted by atomic mass is 79.9. The van der Waals surface area contributed by atoms with Gasteiger partial charge in [-0.05, 0) is 45.3 Å². The highest BCUT2D eigenvalue weighted by Crippen LogP contribution is 2.31. The molecule has 0 unspecified atom stereocenters. The second kappa shape index (κ2) is 10.2. The summed E-state index contributed by atoms with van der Waals surface area (Å²) in [5.41, 5.74) is 1.81. The van der Waals surface area contributed by atoms with Crippen LogP contribution in [0.3, 0.4) is 0 Å². The highest BCUT2D eigenvalue weighted by molar-refractivity contribution is 9.10. The maximum Gasteiger partial charge on any atom is 0.261 e. The molecule has 0 saturated heterocycles. The summed E-state index contributed by atoms with van der Waals surface area (Å²) in [4.78, 5) is 25.4. The molecule has 2 aromatic heterocycles. The van der Waals surface area contributed by atoms with Crippen LogP contribution in [0.4, 0.5) is 0 Å². The maximum absolute atomic E-state index is 12.2. The number of halogens is 2. The van der Waals surface area contributed by atoms with E-state index in [9.17, 15) is 18.0 Å². The molecule has 0 aliphatic rings. The first-order valence-corrected chi connectivity index (χ1v) is 13.2. The Balaban J connectivity index is 1.46. The first-order valence-electron chi connectivity index (χ1n) is 8.81. The average Bonchev–Trinajstić information content (AvgIpc) is 3.32. The number of hydrogen-bond acceptors (Lipinski definition) is 6. The minimum Gasteiger partial charge on any atom is -0.352 e. The number of primary sulfonamides is 1. The van der Waals surface area contributed by atoms with Gasteiger partial charge in [-0.1, -0.05) is 35.9 Å². The van der Waals surface area contributed by atoms with Gasteiger partial charge in [0, 0.05) is 22.4 Å². The van der Waals surface area contributed by atoms with Crippen molar-refractivity contribution in [2.24, 2.45) is 5.14 Å². The molecule has 7 nitrogen and oxygen atoms in total. The Kier molecular flexibility index (Phi) is 7.89. The molecule has 12 heteroatoms. The number of nitrogens with two attached hydrogens (primary N) is 1. The second-order valence-electron chi connectivity index (χ2n) is 6.45. The van der Waals surface area contributed by atoms with E-state index in [4.69, 9.17) is 16.7 Å². The molecule has 0 atom stereocenters. The van der Waals surface area contributed by atoms with Crippen LogP contribution < -0.4 is 15.8 Å². The first kappa shape index (κ1) is 23.9. The van der Waals surface area contributed by atoms with Crippen LogP contribution in [0.25, 0.3) is 0 Å². The van der Waals surface area contributed by atoms with Crippen molar-refractivity contribution < 1.29 is 18.0 Å². The molecule has 0 aliphatic carbocycles. The SMILES string of the molecule is NS(=O)(=O)c1ccc(CC(=O)NCc2ccc(CNC(=O)c3cc(Br)c(Cl)s3)cc2)s1. The summed E-state index contributed by atoms with van der Waals surface area (Å²) in [5, 5.41) is 10.7. The molecule has 164 valence electrons. The minimum absolute atomic E-state index is 0.0350. The predicted octanol–water partition coefficient (Wildman–Crippen LogP) is 3.66. The average molecular weight is 563 g/mol. The Hall–Kier alpha value is -1.76. The van der Waals surface area contributed by atoms with E-state index in [1.54, 1.807) is 12.1 Å². The number of benzene rings is 1. The molecule has 31 heavy (non-hydrogen) atoms. The van der Waals surface area contributed by atoms with E-state index >= 15 is 0 Å². The summed E-state index contributed by atoms with van der Waals surface area (Å²) in [6.07, 6.45) is 0.0765. The van der Waals surface area contributed by atoms with Crippen molar-refractivity contribution in [2.45, 2.75) is 23.7 Å². The van der Waals surface area contributed by atoms with Gasteiger partial charge in [-0.25, -0.2) is 13.6 Å². The summed E-state index contributed by atoms with van der Waals surface area (Å²) < 4.78 is 23.9. The number of rotatable bonds is 8. The molecule has 0 bridgehead atoms. The monoisotopic (exact) mass is 561 g/mol. The Morgan fingerprint density at radius 2 is 1.61 bits per heavy atom. The molecule has 3 rings (SSSR count). The second-order valence-corrected chi connectivity index (χ2v) is 11.9. The van der Waals surface area contributed by atoms with Crippen molar-refractivity contribution in [3.05, 3.63) is 72.2 Å². The van der Waals surface area contributed by atoms with Crippen LogP contribution in [0.2, 0.25) is 4.34 Å². The molecule has 0 spiro atoms. The number of amides is 2. The van der Waals surface area contributed by atoms with Crippen LogP contribution in [-0.2, 0) is 34.3 Å². The molecule has 2 heterocycles. The van der Waals surface area contributed by atoms with Crippen molar-refractivity contribution in [2.75, 3.05) is 0 Å². The van der Waals surface area contributed by atoms with E-state index in [0.717, 1.165) is 22.5 Å². The van der Waals surface area contributed by atoms with Crippen molar-refractivity contribution >= 4 is 72.0 Å². The summed E-state index contributed by atoms with van der Waals surface area (Å²) in [5.74, 6) is -0.423. The van der Waals surface area contributed by atoms with Crippen LogP contribution in [-0.4, -0.2) is 20.2 Å². The Morgan fingerprint density at radius 1 is 1.00 bits per heavy atom. The molecule has 0 fully saturated rings. The van der Waals surface area contributed by atoms with Crippen molar-refractivity contribution in [1.29, 1.82) is 0 Å². The van der Waals surface area contributed by atoms with E-state index in [-0.39, 0.29) is 22.4 Å². The summed E-state index contributed by atoms with van der Waals surface area (Å²) in [6.45, 7) is 0.698. The zero-order valence-electron chi connectivity index (χ0n) is 15.9. The van der Waals surface area contributed by atoms with Crippen LogP contribution >= 0.6 is 50.2 Å². The van der Waals surface area contributed by atoms with E-state index in [2.05, 4.69) is 26.6 Å². The fourth-order valence-corrected chi connectivity index (χ4v) is 5.93. The third-order valence-electron chi connectivity index (χ3n) is 4.09. The Bertz CT molecular complexity index is 1190. The third-order valence-corrected chi connectivity index (χ3v) is 9.08. The number of thiophene rings is 2. The Labute approximate surface area is 200 Å². The lowest BCUT2D eigenvalue weighted by Crippen LogP contribution is -2.24. The third kappa shape index (κ3) is 6.86. The van der Waals surface area contributed by atoms with Gasteiger partial charge < -0.3 is 10.6 Å². The van der Waals surface area contributed by atoms with E-state index < -0.39 is 10.0 Å². The van der Waals surface area contributed by atoms with Crippen LogP contribution in [0, 0.1) is 0 Å². The van der Waals surface area contributed by atoms with Gasteiger partial charge in [0.25, 0.3) is 5.91 Å². The highest BCUT2D eigenvalue weighted by Gasteiger charge is 2.14. The molecule has 0 radical (unpaired) electrons. The predicted molar refractivity (Wildman–Crippen MR) is 126 cm³/mol. The van der Waals surface area contributed by atoms with Crippen LogP contribution in [0.5, 0.6) is 0 Å². The first-order chi connectivity index (χ1) is 14.6. The minimum atomic E-state index is -3.75. The lowest BCUT2D eigenvalue weighted by Gasteiger charge is -2.07. The number of sulfonamides is 1. The van der Waals surface area contributed by atoms with E-state index in [1.807, 2.05) is 24.3 Å². The summed E-state index contributed by atoms with van der Waals surface area (Å²) in [6, 6.07) is 12.1. The lowest BCUT2D eigenvalue weighted by atomic mass is 10.1. The standard InChI is InChI=1S/C19H17BrClN3O4S3/c20-14-8-15(30-18(14)21)19(26)24-10-12-3-1-11(2-4-12)9-23-16(25)7-13-5-6-17(29-13)31(22,27)28/h1-6,8H,7,9-10H2,(H,23,25)(H,24,26)(H2,22,27,28). The number of carbonyl (C=O) groups is 2. The zero-order chi connectivity index (χ0) is 22.6. The summed E-state index contributed by atoms with van der Waals surface area (Å²) >= 11 is 11.4. The van der Waals surface area contributed by atoms with Gasteiger partial charge in [-0.2, -0.15) is 0 Å². The van der Waals surface area contributed by atoms with Gasteiger partial charge in [0.1, 0.15) is 8.55 Å². The number of nitrogens with one attached hydrogen (secondary N) is 2. The van der Waals surface area contributed by atoms with Gasteiger partial charge in [0.05, 0.1) is 11.3 Å². The van der Waals surface area contributed by atoms with Gasteiger partial charge in [-0.3, -0.25) is 9.59 Å². The van der Waals surface area contributed by atoms with E-state index in [1.165, 1.54) is 17.4 Å². The van der Waals surface area contributed by atoms with Crippen molar-refractivity contribution in [3.8, 4) is 0 Å². The van der Waals surface area contributed by atoms with Crippen LogP contribution in [0.15, 0.2) is 51.1 Å². The maximum atomic E-state index is 12.2. The molecule has 0 saturated carbocycles. The largest absolute Gasteiger partial charge is 0.352 e. The molecular weight excluding hydrogens is 546 g/mol. The van der Waals surface area contributed by atoms with Crippen molar-refractivity contribution in [3.63, 3.8) is 0 Å². The van der Waals surface area contributed by atoms with E-state index in [0.29, 0.717) is 31.7 Å². The van der Waals surface area contributed by atoms with Gasteiger partial charge in [-0.15, -0.1) is 22.7 Å².